The lowest BCUT2D eigenvalue weighted by Gasteiger charge is -1.99. The number of hydrogen-bond donors (Lipinski definition) is 1. The highest BCUT2D eigenvalue weighted by atomic mass is 35.5. The molecule has 0 saturated carbocycles. The third-order valence-electron chi connectivity index (χ3n) is 3.71. The molecule has 0 unspecified atom stereocenters. The standard InChI is InChI=1S/C18H12ClFN4O2S2/c19-14-6-5-13(28-14)12-9-27-18(21-12)22-15(25)7-8-16-23-17(24-26-16)10-1-3-11(20)4-2-10/h1-6,9H,7-8H2,(H,21,22,25). The van der Waals surface area contributed by atoms with E-state index in [2.05, 4.69) is 20.4 Å². The SMILES string of the molecule is O=C(CCc1nc(-c2ccc(F)cc2)no1)Nc1nc(-c2ccc(Cl)s2)cs1. The van der Waals surface area contributed by atoms with Crippen LogP contribution < -0.4 is 5.32 Å². The number of aryl methyl sites for hydroxylation is 1. The van der Waals surface area contributed by atoms with Crippen LogP contribution >= 0.6 is 34.3 Å². The zero-order valence-corrected chi connectivity index (χ0v) is 16.6. The van der Waals surface area contributed by atoms with Gasteiger partial charge in [0.25, 0.3) is 0 Å². The summed E-state index contributed by atoms with van der Waals surface area (Å²) >= 11 is 8.71. The third-order valence-corrected chi connectivity index (χ3v) is 5.72. The number of nitrogens with one attached hydrogen (secondary N) is 1. The topological polar surface area (TPSA) is 80.9 Å². The molecule has 10 heteroatoms. The number of anilines is 1. The van der Waals surface area contributed by atoms with Gasteiger partial charge in [0, 0.05) is 23.8 Å². The van der Waals surface area contributed by atoms with Gasteiger partial charge in [0.05, 0.1) is 14.9 Å². The lowest BCUT2D eigenvalue weighted by Crippen LogP contribution is -2.12. The Hall–Kier alpha value is -2.62. The van der Waals surface area contributed by atoms with Crippen LogP contribution in [0.25, 0.3) is 22.0 Å². The molecule has 0 atom stereocenters. The molecule has 0 saturated heterocycles. The van der Waals surface area contributed by atoms with Gasteiger partial charge >= 0.3 is 0 Å². The summed E-state index contributed by atoms with van der Waals surface area (Å²) in [5.41, 5.74) is 1.42. The third kappa shape index (κ3) is 4.44. The molecule has 0 aliphatic rings. The second-order valence-electron chi connectivity index (χ2n) is 5.71. The number of nitrogens with zero attached hydrogens (tertiary/aromatic N) is 3. The second-order valence-corrected chi connectivity index (χ2v) is 8.28. The number of benzene rings is 1. The van der Waals surface area contributed by atoms with E-state index < -0.39 is 0 Å². The molecule has 0 aliphatic heterocycles. The molecule has 6 nitrogen and oxygen atoms in total. The van der Waals surface area contributed by atoms with Gasteiger partial charge in [-0.25, -0.2) is 9.37 Å². The lowest BCUT2D eigenvalue weighted by molar-refractivity contribution is -0.116. The number of carbonyl (C=O) groups excluding carboxylic acids is 1. The van der Waals surface area contributed by atoms with Crippen molar-refractivity contribution in [3.63, 3.8) is 0 Å². The van der Waals surface area contributed by atoms with Gasteiger partial charge in [0.1, 0.15) is 5.82 Å². The molecule has 1 N–H and O–H groups in total. The summed E-state index contributed by atoms with van der Waals surface area (Å²) in [7, 11) is 0. The molecule has 1 aromatic carbocycles. The van der Waals surface area contributed by atoms with Gasteiger partial charge in [-0.15, -0.1) is 22.7 Å². The molecule has 4 aromatic rings. The Morgan fingerprint density at radius 2 is 2.00 bits per heavy atom. The van der Waals surface area contributed by atoms with E-state index in [-0.39, 0.29) is 18.1 Å². The Morgan fingerprint density at radius 3 is 2.75 bits per heavy atom. The van der Waals surface area contributed by atoms with Crippen molar-refractivity contribution in [3.05, 3.63) is 57.8 Å². The van der Waals surface area contributed by atoms with Crippen LogP contribution in [0.5, 0.6) is 0 Å². The summed E-state index contributed by atoms with van der Waals surface area (Å²) in [6.45, 7) is 0. The number of carbonyl (C=O) groups is 1. The van der Waals surface area contributed by atoms with Crippen molar-refractivity contribution in [2.24, 2.45) is 0 Å². The molecule has 0 fully saturated rings. The molecular formula is C18H12ClFN4O2S2. The van der Waals surface area contributed by atoms with Crippen LogP contribution in [-0.2, 0) is 11.2 Å². The quantitative estimate of drug-likeness (QED) is 0.446. The molecule has 0 aliphatic carbocycles. The summed E-state index contributed by atoms with van der Waals surface area (Å²) in [6, 6.07) is 9.48. The van der Waals surface area contributed by atoms with Gasteiger partial charge in [0.2, 0.25) is 17.6 Å². The molecule has 3 heterocycles. The average molecular weight is 435 g/mol. The molecule has 0 spiro atoms. The van der Waals surface area contributed by atoms with E-state index in [1.165, 1.54) is 34.8 Å². The smallest absolute Gasteiger partial charge is 0.227 e. The van der Waals surface area contributed by atoms with E-state index in [0.717, 1.165) is 10.6 Å². The Kier molecular flexibility index (Phi) is 5.47. The van der Waals surface area contributed by atoms with E-state index in [9.17, 15) is 9.18 Å². The number of amides is 1. The van der Waals surface area contributed by atoms with Crippen molar-refractivity contribution in [1.82, 2.24) is 15.1 Å². The van der Waals surface area contributed by atoms with Crippen molar-refractivity contribution in [2.75, 3.05) is 5.32 Å². The number of thiophene rings is 1. The minimum Gasteiger partial charge on any atom is -0.339 e. The maximum atomic E-state index is 13.0. The van der Waals surface area contributed by atoms with Gasteiger partial charge in [0.15, 0.2) is 5.13 Å². The number of thiazole rings is 1. The van der Waals surface area contributed by atoms with Crippen molar-refractivity contribution >= 4 is 45.3 Å². The molecule has 142 valence electrons. The van der Waals surface area contributed by atoms with Crippen LogP contribution in [0.3, 0.4) is 0 Å². The van der Waals surface area contributed by atoms with Gasteiger partial charge in [-0.2, -0.15) is 4.98 Å². The minimum absolute atomic E-state index is 0.171. The lowest BCUT2D eigenvalue weighted by atomic mass is 10.2. The molecule has 0 radical (unpaired) electrons. The Balaban J connectivity index is 1.32. The van der Waals surface area contributed by atoms with Crippen LogP contribution in [0, 0.1) is 5.82 Å². The summed E-state index contributed by atoms with van der Waals surface area (Å²) < 4.78 is 18.8. The van der Waals surface area contributed by atoms with Crippen LogP contribution in [0.15, 0.2) is 46.3 Å². The van der Waals surface area contributed by atoms with Crippen LogP contribution in [0.2, 0.25) is 4.34 Å². The van der Waals surface area contributed by atoms with Crippen molar-refractivity contribution in [1.29, 1.82) is 0 Å². The fourth-order valence-corrected chi connectivity index (χ4v) is 4.18. The van der Waals surface area contributed by atoms with E-state index >= 15 is 0 Å². The Morgan fingerprint density at radius 1 is 1.18 bits per heavy atom. The summed E-state index contributed by atoms with van der Waals surface area (Å²) in [5.74, 6) is 0.153. The summed E-state index contributed by atoms with van der Waals surface area (Å²) in [4.78, 5) is 21.7. The van der Waals surface area contributed by atoms with Crippen LogP contribution in [0.4, 0.5) is 9.52 Å². The molecule has 3 aromatic heterocycles. The van der Waals surface area contributed by atoms with Gasteiger partial charge in [-0.05, 0) is 36.4 Å². The van der Waals surface area contributed by atoms with E-state index in [1.807, 2.05) is 17.5 Å². The summed E-state index contributed by atoms with van der Waals surface area (Å²) in [6.07, 6.45) is 0.462. The fourth-order valence-electron chi connectivity index (χ4n) is 2.37. The highest BCUT2D eigenvalue weighted by molar-refractivity contribution is 7.20. The minimum atomic E-state index is -0.336. The zero-order valence-electron chi connectivity index (χ0n) is 14.2. The maximum Gasteiger partial charge on any atom is 0.227 e. The first-order chi connectivity index (χ1) is 13.6. The van der Waals surface area contributed by atoms with E-state index in [1.54, 1.807) is 12.1 Å². The number of halogens is 2. The predicted molar refractivity (Wildman–Crippen MR) is 107 cm³/mol. The van der Waals surface area contributed by atoms with Crippen LogP contribution in [-0.4, -0.2) is 21.0 Å². The highest BCUT2D eigenvalue weighted by Crippen LogP contribution is 2.32. The average Bonchev–Trinajstić information content (AvgIpc) is 3.41. The molecule has 28 heavy (non-hydrogen) atoms. The van der Waals surface area contributed by atoms with Crippen LogP contribution in [0.1, 0.15) is 12.3 Å². The van der Waals surface area contributed by atoms with Crippen molar-refractivity contribution in [3.8, 4) is 22.0 Å². The second kappa shape index (κ2) is 8.17. The van der Waals surface area contributed by atoms with Gasteiger partial charge in [-0.3, -0.25) is 4.79 Å². The normalized spacial score (nSPS) is 10.9. The zero-order chi connectivity index (χ0) is 19.5. The Labute approximate surface area is 172 Å². The first-order valence-electron chi connectivity index (χ1n) is 8.16. The molecule has 4 rings (SSSR count). The Bertz CT molecular complexity index is 1110. The largest absolute Gasteiger partial charge is 0.339 e. The first kappa shape index (κ1) is 18.7. The molecule has 0 bridgehead atoms. The first-order valence-corrected chi connectivity index (χ1v) is 10.2. The highest BCUT2D eigenvalue weighted by Gasteiger charge is 2.13. The van der Waals surface area contributed by atoms with Crippen molar-refractivity contribution in [2.45, 2.75) is 12.8 Å². The van der Waals surface area contributed by atoms with E-state index in [4.69, 9.17) is 16.1 Å². The fraction of sp³-hybridized carbons (Fsp3) is 0.111. The summed E-state index contributed by atoms with van der Waals surface area (Å²) in [5, 5.41) is 9.00. The van der Waals surface area contributed by atoms with Crippen molar-refractivity contribution < 1.29 is 13.7 Å². The van der Waals surface area contributed by atoms with E-state index in [0.29, 0.717) is 33.2 Å². The maximum absolute atomic E-state index is 13.0. The number of hydrogen-bond acceptors (Lipinski definition) is 7. The monoisotopic (exact) mass is 434 g/mol. The number of aromatic nitrogens is 3. The molecular weight excluding hydrogens is 423 g/mol. The van der Waals surface area contributed by atoms with Gasteiger partial charge in [-0.1, -0.05) is 16.8 Å². The number of rotatable bonds is 6. The van der Waals surface area contributed by atoms with Gasteiger partial charge < -0.3 is 9.84 Å². The molecule has 1 amide bonds. The predicted octanol–water partition coefficient (Wildman–Crippen LogP) is 5.29.